The molecule has 0 amide bonds. The molecule has 0 spiro atoms. The van der Waals surface area contributed by atoms with E-state index in [0.717, 1.165) is 31.1 Å². The minimum absolute atomic E-state index is 0.777. The summed E-state index contributed by atoms with van der Waals surface area (Å²) in [6.45, 7) is 8.73. The van der Waals surface area contributed by atoms with Gasteiger partial charge in [0.1, 0.15) is 0 Å². The van der Waals surface area contributed by atoms with Crippen LogP contribution in [0.25, 0.3) is 0 Å². The van der Waals surface area contributed by atoms with E-state index >= 15 is 0 Å². The standard InChI is InChI=1S/C12H23N3/c1-4-7-15-10-12(9-14-15)13-8-11(5-2)6-3/h9-11,13H,4-8H2,1-3H3. The SMILES string of the molecule is CCCn1cc(NCC(CC)CC)cn1. The molecule has 0 bridgehead atoms. The molecule has 1 aromatic rings. The molecule has 3 heteroatoms. The maximum atomic E-state index is 4.29. The van der Waals surface area contributed by atoms with Crippen LogP contribution in [0, 0.1) is 5.92 Å². The Labute approximate surface area is 92.9 Å². The topological polar surface area (TPSA) is 29.9 Å². The van der Waals surface area contributed by atoms with E-state index in [2.05, 4.69) is 37.4 Å². The van der Waals surface area contributed by atoms with Gasteiger partial charge in [0, 0.05) is 19.3 Å². The predicted octanol–water partition coefficient (Wildman–Crippen LogP) is 3.14. The minimum Gasteiger partial charge on any atom is -0.382 e. The molecule has 1 rings (SSSR count). The Balaban J connectivity index is 2.36. The minimum atomic E-state index is 0.777. The van der Waals surface area contributed by atoms with Gasteiger partial charge < -0.3 is 5.32 Å². The number of anilines is 1. The van der Waals surface area contributed by atoms with Gasteiger partial charge in [-0.15, -0.1) is 0 Å². The fourth-order valence-corrected chi connectivity index (χ4v) is 1.65. The summed E-state index contributed by atoms with van der Waals surface area (Å²) in [6, 6.07) is 0. The van der Waals surface area contributed by atoms with Crippen LogP contribution in [0.15, 0.2) is 12.4 Å². The van der Waals surface area contributed by atoms with Crippen molar-refractivity contribution in [2.45, 2.75) is 46.6 Å². The van der Waals surface area contributed by atoms with Gasteiger partial charge in [0.15, 0.2) is 0 Å². The first-order valence-electron chi connectivity index (χ1n) is 6.06. The third-order valence-electron chi connectivity index (χ3n) is 2.84. The van der Waals surface area contributed by atoms with E-state index < -0.39 is 0 Å². The summed E-state index contributed by atoms with van der Waals surface area (Å²) in [6.07, 6.45) is 7.62. The quantitative estimate of drug-likeness (QED) is 0.747. The Morgan fingerprint density at radius 1 is 1.33 bits per heavy atom. The van der Waals surface area contributed by atoms with Crippen LogP contribution in [0.1, 0.15) is 40.0 Å². The summed E-state index contributed by atoms with van der Waals surface area (Å²) >= 11 is 0. The van der Waals surface area contributed by atoms with Gasteiger partial charge in [-0.05, 0) is 12.3 Å². The molecule has 0 aliphatic heterocycles. The molecule has 1 aromatic heterocycles. The molecule has 3 nitrogen and oxygen atoms in total. The lowest BCUT2D eigenvalue weighted by Gasteiger charge is -2.12. The Morgan fingerprint density at radius 3 is 2.67 bits per heavy atom. The highest BCUT2D eigenvalue weighted by Crippen LogP contribution is 2.11. The van der Waals surface area contributed by atoms with Gasteiger partial charge in [0.25, 0.3) is 0 Å². The fourth-order valence-electron chi connectivity index (χ4n) is 1.65. The Morgan fingerprint density at radius 2 is 2.07 bits per heavy atom. The first kappa shape index (κ1) is 12.1. The summed E-state index contributed by atoms with van der Waals surface area (Å²) in [5.74, 6) is 0.777. The van der Waals surface area contributed by atoms with Crippen LogP contribution in [-0.2, 0) is 6.54 Å². The number of aryl methyl sites for hydroxylation is 1. The lowest BCUT2D eigenvalue weighted by molar-refractivity contribution is 0.519. The molecule has 15 heavy (non-hydrogen) atoms. The Kier molecular flexibility index (Phi) is 5.22. The molecule has 0 aromatic carbocycles. The molecule has 0 fully saturated rings. The molecular weight excluding hydrogens is 186 g/mol. The normalized spacial score (nSPS) is 10.9. The number of nitrogens with zero attached hydrogens (tertiary/aromatic N) is 2. The van der Waals surface area contributed by atoms with Crippen molar-refractivity contribution in [2.75, 3.05) is 11.9 Å². The van der Waals surface area contributed by atoms with Gasteiger partial charge in [0.2, 0.25) is 0 Å². The highest BCUT2D eigenvalue weighted by Gasteiger charge is 2.03. The summed E-state index contributed by atoms with van der Waals surface area (Å²) in [4.78, 5) is 0. The van der Waals surface area contributed by atoms with Crippen LogP contribution in [0.2, 0.25) is 0 Å². The number of rotatable bonds is 7. The molecular formula is C12H23N3. The maximum Gasteiger partial charge on any atom is 0.0726 e. The molecule has 86 valence electrons. The largest absolute Gasteiger partial charge is 0.382 e. The van der Waals surface area contributed by atoms with Crippen molar-refractivity contribution in [1.29, 1.82) is 0 Å². The van der Waals surface area contributed by atoms with Crippen molar-refractivity contribution in [2.24, 2.45) is 5.92 Å². The first-order valence-corrected chi connectivity index (χ1v) is 6.06. The molecule has 1 N–H and O–H groups in total. The summed E-state index contributed by atoms with van der Waals surface area (Å²) in [7, 11) is 0. The third-order valence-corrected chi connectivity index (χ3v) is 2.84. The lowest BCUT2D eigenvalue weighted by Crippen LogP contribution is -2.12. The van der Waals surface area contributed by atoms with Crippen molar-refractivity contribution in [3.05, 3.63) is 12.4 Å². The average molecular weight is 209 g/mol. The van der Waals surface area contributed by atoms with Crippen molar-refractivity contribution < 1.29 is 0 Å². The van der Waals surface area contributed by atoms with Gasteiger partial charge in [-0.2, -0.15) is 5.10 Å². The average Bonchev–Trinajstić information content (AvgIpc) is 2.68. The zero-order chi connectivity index (χ0) is 11.1. The molecule has 0 saturated carbocycles. The summed E-state index contributed by atoms with van der Waals surface area (Å²) in [5.41, 5.74) is 1.15. The smallest absolute Gasteiger partial charge is 0.0726 e. The van der Waals surface area contributed by atoms with Crippen LogP contribution in [0.4, 0.5) is 5.69 Å². The first-order chi connectivity index (χ1) is 7.30. The monoisotopic (exact) mass is 209 g/mol. The highest BCUT2D eigenvalue weighted by atomic mass is 15.3. The Bertz CT molecular complexity index is 264. The number of aromatic nitrogens is 2. The molecule has 0 aliphatic carbocycles. The maximum absolute atomic E-state index is 4.29. The number of hydrogen-bond donors (Lipinski definition) is 1. The van der Waals surface area contributed by atoms with E-state index in [0.29, 0.717) is 0 Å². The van der Waals surface area contributed by atoms with Crippen molar-refractivity contribution in [1.82, 2.24) is 9.78 Å². The second kappa shape index (κ2) is 6.49. The van der Waals surface area contributed by atoms with Crippen LogP contribution in [0.3, 0.4) is 0 Å². The highest BCUT2D eigenvalue weighted by molar-refractivity contribution is 5.37. The number of hydrogen-bond acceptors (Lipinski definition) is 2. The van der Waals surface area contributed by atoms with E-state index in [1.165, 1.54) is 12.8 Å². The van der Waals surface area contributed by atoms with Crippen LogP contribution in [0.5, 0.6) is 0 Å². The Hall–Kier alpha value is -0.990. The van der Waals surface area contributed by atoms with Gasteiger partial charge in [-0.1, -0.05) is 33.6 Å². The lowest BCUT2D eigenvalue weighted by atomic mass is 10.0. The van der Waals surface area contributed by atoms with E-state index in [4.69, 9.17) is 0 Å². The fraction of sp³-hybridized carbons (Fsp3) is 0.750. The van der Waals surface area contributed by atoms with Crippen molar-refractivity contribution >= 4 is 5.69 Å². The molecule has 1 heterocycles. The second-order valence-corrected chi connectivity index (χ2v) is 4.06. The van der Waals surface area contributed by atoms with E-state index in [9.17, 15) is 0 Å². The molecule has 0 aliphatic rings. The van der Waals surface area contributed by atoms with E-state index in [1.54, 1.807) is 0 Å². The zero-order valence-electron chi connectivity index (χ0n) is 10.2. The predicted molar refractivity (Wildman–Crippen MR) is 65.1 cm³/mol. The van der Waals surface area contributed by atoms with Gasteiger partial charge in [-0.3, -0.25) is 4.68 Å². The van der Waals surface area contributed by atoms with Crippen LogP contribution in [-0.4, -0.2) is 16.3 Å². The molecule has 0 radical (unpaired) electrons. The summed E-state index contributed by atoms with van der Waals surface area (Å²) < 4.78 is 2.00. The van der Waals surface area contributed by atoms with Crippen molar-refractivity contribution in [3.8, 4) is 0 Å². The van der Waals surface area contributed by atoms with Crippen LogP contribution < -0.4 is 5.32 Å². The summed E-state index contributed by atoms with van der Waals surface area (Å²) in [5, 5.41) is 7.73. The van der Waals surface area contributed by atoms with Gasteiger partial charge in [0.05, 0.1) is 11.9 Å². The molecule has 0 saturated heterocycles. The van der Waals surface area contributed by atoms with Crippen molar-refractivity contribution in [3.63, 3.8) is 0 Å². The van der Waals surface area contributed by atoms with Gasteiger partial charge >= 0.3 is 0 Å². The molecule has 0 unspecified atom stereocenters. The van der Waals surface area contributed by atoms with E-state index in [1.807, 2.05) is 10.9 Å². The second-order valence-electron chi connectivity index (χ2n) is 4.06. The van der Waals surface area contributed by atoms with E-state index in [-0.39, 0.29) is 0 Å². The van der Waals surface area contributed by atoms with Crippen LogP contribution >= 0.6 is 0 Å². The zero-order valence-corrected chi connectivity index (χ0v) is 10.2. The molecule has 0 atom stereocenters. The van der Waals surface area contributed by atoms with Gasteiger partial charge in [-0.25, -0.2) is 0 Å². The number of nitrogens with one attached hydrogen (secondary N) is 1. The third kappa shape index (κ3) is 3.94.